The summed E-state index contributed by atoms with van der Waals surface area (Å²) >= 11 is 1.41. The number of anilines is 1. The molecule has 0 unspecified atom stereocenters. The Balaban J connectivity index is 2.04. The van der Waals surface area contributed by atoms with Crippen LogP contribution in [0.25, 0.3) is 6.08 Å². The summed E-state index contributed by atoms with van der Waals surface area (Å²) in [5, 5.41) is 5.21. The number of rotatable bonds is 3. The van der Waals surface area contributed by atoms with Crippen LogP contribution in [-0.2, 0) is 0 Å². The Bertz CT molecular complexity index is 592. The van der Waals surface area contributed by atoms with Crippen molar-refractivity contribution >= 4 is 28.5 Å². The average molecular weight is 286 g/mol. The highest BCUT2D eigenvalue weighted by Crippen LogP contribution is 2.18. The number of carbonyl (C=O) groups excluding carboxylic acids is 1. The summed E-state index contributed by atoms with van der Waals surface area (Å²) in [6.45, 7) is 6.46. The molecule has 0 saturated carbocycles. The first kappa shape index (κ1) is 14.5. The number of aromatic nitrogens is 1. The fourth-order valence-electron chi connectivity index (χ4n) is 1.55. The molecule has 0 aliphatic carbocycles. The van der Waals surface area contributed by atoms with Crippen LogP contribution in [0.2, 0.25) is 0 Å². The molecule has 2 aromatic rings. The smallest absolute Gasteiger partial charge is 0.257 e. The van der Waals surface area contributed by atoms with Crippen molar-refractivity contribution in [3.63, 3.8) is 0 Å². The molecule has 0 fully saturated rings. The van der Waals surface area contributed by atoms with Crippen molar-refractivity contribution in [2.24, 2.45) is 5.41 Å². The predicted molar refractivity (Wildman–Crippen MR) is 85.0 cm³/mol. The van der Waals surface area contributed by atoms with Gasteiger partial charge in [-0.1, -0.05) is 45.1 Å². The van der Waals surface area contributed by atoms with E-state index in [1.54, 1.807) is 6.20 Å². The third-order valence-electron chi connectivity index (χ3n) is 2.60. The summed E-state index contributed by atoms with van der Waals surface area (Å²) in [6.07, 6.45) is 5.89. The summed E-state index contributed by atoms with van der Waals surface area (Å²) in [5.74, 6) is -0.133. The Labute approximate surface area is 123 Å². The number of hydrogen-bond donors (Lipinski definition) is 1. The zero-order valence-electron chi connectivity index (χ0n) is 11.9. The quantitative estimate of drug-likeness (QED) is 0.905. The molecule has 0 radical (unpaired) electrons. The van der Waals surface area contributed by atoms with E-state index in [9.17, 15) is 4.79 Å². The lowest BCUT2D eigenvalue weighted by Gasteiger charge is -2.11. The molecule has 1 amide bonds. The molecule has 1 N–H and O–H groups in total. The van der Waals surface area contributed by atoms with Gasteiger partial charge in [0.2, 0.25) is 0 Å². The summed E-state index contributed by atoms with van der Waals surface area (Å²) in [7, 11) is 0. The molecule has 2 rings (SSSR count). The van der Waals surface area contributed by atoms with Gasteiger partial charge in [-0.05, 0) is 23.1 Å². The van der Waals surface area contributed by atoms with Gasteiger partial charge in [0.05, 0.1) is 0 Å². The third kappa shape index (κ3) is 4.31. The van der Waals surface area contributed by atoms with Crippen LogP contribution in [-0.4, -0.2) is 10.9 Å². The minimum absolute atomic E-state index is 0.133. The molecule has 104 valence electrons. The maximum Gasteiger partial charge on any atom is 0.257 e. The van der Waals surface area contributed by atoms with E-state index in [-0.39, 0.29) is 11.3 Å². The fraction of sp³-hybridized carbons (Fsp3) is 0.250. The lowest BCUT2D eigenvalue weighted by Crippen LogP contribution is -2.11. The lowest BCUT2D eigenvalue weighted by molar-refractivity contribution is 0.102. The van der Waals surface area contributed by atoms with E-state index < -0.39 is 0 Å². The number of carbonyl (C=O) groups is 1. The molecule has 1 heterocycles. The Hall–Kier alpha value is -1.94. The van der Waals surface area contributed by atoms with Gasteiger partial charge in [0.15, 0.2) is 5.13 Å². The number of amides is 1. The second-order valence-electron chi connectivity index (χ2n) is 5.61. The minimum Gasteiger partial charge on any atom is -0.298 e. The maximum atomic E-state index is 12.0. The van der Waals surface area contributed by atoms with E-state index in [1.165, 1.54) is 11.3 Å². The average Bonchev–Trinajstić information content (AvgIpc) is 2.89. The van der Waals surface area contributed by atoms with Crippen LogP contribution >= 0.6 is 11.3 Å². The second kappa shape index (κ2) is 6.01. The Morgan fingerprint density at radius 1 is 1.25 bits per heavy atom. The summed E-state index contributed by atoms with van der Waals surface area (Å²) in [4.78, 5) is 16.0. The lowest BCUT2D eigenvalue weighted by atomic mass is 9.95. The van der Waals surface area contributed by atoms with Crippen molar-refractivity contribution in [1.82, 2.24) is 4.98 Å². The summed E-state index contributed by atoms with van der Waals surface area (Å²) in [6, 6.07) is 7.54. The molecule has 0 bridgehead atoms. The van der Waals surface area contributed by atoms with Crippen molar-refractivity contribution in [3.05, 3.63) is 53.0 Å². The van der Waals surface area contributed by atoms with Crippen LogP contribution in [0.15, 0.2) is 41.9 Å². The van der Waals surface area contributed by atoms with Gasteiger partial charge in [-0.25, -0.2) is 4.98 Å². The molecule has 1 aromatic carbocycles. The highest BCUT2D eigenvalue weighted by atomic mass is 32.1. The molecule has 1 aromatic heterocycles. The molecular weight excluding hydrogens is 268 g/mol. The highest BCUT2D eigenvalue weighted by molar-refractivity contribution is 7.13. The van der Waals surface area contributed by atoms with Crippen LogP contribution in [0, 0.1) is 5.41 Å². The molecule has 0 saturated heterocycles. The molecule has 0 aliphatic rings. The van der Waals surface area contributed by atoms with E-state index in [0.717, 1.165) is 5.56 Å². The Morgan fingerprint density at radius 2 is 1.95 bits per heavy atom. The van der Waals surface area contributed by atoms with Crippen molar-refractivity contribution in [2.45, 2.75) is 20.8 Å². The standard InChI is InChI=1S/C16H18N2OS/c1-16(2,3)9-8-12-4-6-13(7-5-12)14(19)18-15-17-10-11-20-15/h4-11H,1-3H3,(H,17,18,19)/b9-8+. The van der Waals surface area contributed by atoms with Gasteiger partial charge in [0, 0.05) is 17.1 Å². The number of nitrogens with zero attached hydrogens (tertiary/aromatic N) is 1. The number of nitrogens with one attached hydrogen (secondary N) is 1. The van der Waals surface area contributed by atoms with E-state index >= 15 is 0 Å². The van der Waals surface area contributed by atoms with Crippen LogP contribution in [0.1, 0.15) is 36.7 Å². The topological polar surface area (TPSA) is 42.0 Å². The fourth-order valence-corrected chi connectivity index (χ4v) is 2.07. The first-order chi connectivity index (χ1) is 9.44. The molecule has 0 aliphatic heterocycles. The van der Waals surface area contributed by atoms with Gasteiger partial charge in [-0.2, -0.15) is 0 Å². The van der Waals surface area contributed by atoms with Crippen molar-refractivity contribution in [2.75, 3.05) is 5.32 Å². The van der Waals surface area contributed by atoms with E-state index in [0.29, 0.717) is 10.7 Å². The minimum atomic E-state index is -0.133. The van der Waals surface area contributed by atoms with E-state index in [4.69, 9.17) is 0 Å². The maximum absolute atomic E-state index is 12.0. The van der Waals surface area contributed by atoms with Crippen molar-refractivity contribution in [3.8, 4) is 0 Å². The highest BCUT2D eigenvalue weighted by Gasteiger charge is 2.07. The third-order valence-corrected chi connectivity index (χ3v) is 3.29. The van der Waals surface area contributed by atoms with Gasteiger partial charge in [0.1, 0.15) is 0 Å². The normalized spacial score (nSPS) is 11.8. The monoisotopic (exact) mass is 286 g/mol. The van der Waals surface area contributed by atoms with Gasteiger partial charge < -0.3 is 0 Å². The van der Waals surface area contributed by atoms with Crippen molar-refractivity contribution < 1.29 is 4.79 Å². The van der Waals surface area contributed by atoms with Crippen molar-refractivity contribution in [1.29, 1.82) is 0 Å². The number of hydrogen-bond acceptors (Lipinski definition) is 3. The molecule has 20 heavy (non-hydrogen) atoms. The zero-order chi connectivity index (χ0) is 14.6. The predicted octanol–water partition coefficient (Wildman–Crippen LogP) is 4.45. The van der Waals surface area contributed by atoms with Crippen LogP contribution in [0.5, 0.6) is 0 Å². The largest absolute Gasteiger partial charge is 0.298 e. The van der Waals surface area contributed by atoms with Gasteiger partial charge in [-0.15, -0.1) is 11.3 Å². The zero-order valence-corrected chi connectivity index (χ0v) is 12.7. The number of thiazole rings is 1. The first-order valence-electron chi connectivity index (χ1n) is 6.44. The number of allylic oxidation sites excluding steroid dienone is 1. The second-order valence-corrected chi connectivity index (χ2v) is 6.51. The molecular formula is C16H18N2OS. The van der Waals surface area contributed by atoms with Crippen LogP contribution in [0.4, 0.5) is 5.13 Å². The van der Waals surface area contributed by atoms with Gasteiger partial charge in [0.25, 0.3) is 5.91 Å². The van der Waals surface area contributed by atoms with Crippen LogP contribution in [0.3, 0.4) is 0 Å². The summed E-state index contributed by atoms with van der Waals surface area (Å²) < 4.78 is 0. The molecule has 0 spiro atoms. The molecule has 3 nitrogen and oxygen atoms in total. The molecule has 0 atom stereocenters. The van der Waals surface area contributed by atoms with E-state index in [2.05, 4.69) is 43.2 Å². The Morgan fingerprint density at radius 3 is 2.50 bits per heavy atom. The summed E-state index contributed by atoms with van der Waals surface area (Å²) in [5.41, 5.74) is 1.87. The van der Waals surface area contributed by atoms with Crippen LogP contribution < -0.4 is 5.32 Å². The van der Waals surface area contributed by atoms with E-state index in [1.807, 2.05) is 29.6 Å². The van der Waals surface area contributed by atoms with Gasteiger partial charge >= 0.3 is 0 Å². The SMILES string of the molecule is CC(C)(C)/C=C/c1ccc(C(=O)Nc2nccs2)cc1. The first-order valence-corrected chi connectivity index (χ1v) is 7.32. The Kier molecular flexibility index (Phi) is 4.35. The van der Waals surface area contributed by atoms with Gasteiger partial charge in [-0.3, -0.25) is 10.1 Å². The number of benzene rings is 1. The molecule has 4 heteroatoms.